The summed E-state index contributed by atoms with van der Waals surface area (Å²) in [6, 6.07) is 0. The molecule has 0 N–H and O–H groups in total. The van der Waals surface area contributed by atoms with E-state index in [0.717, 1.165) is 50.4 Å². The summed E-state index contributed by atoms with van der Waals surface area (Å²) >= 11 is 1.99. The highest BCUT2D eigenvalue weighted by Crippen LogP contribution is 2.41. The first kappa shape index (κ1) is 13.9. The molecule has 3 rings (SSSR count). The van der Waals surface area contributed by atoms with Gasteiger partial charge in [0, 0.05) is 24.7 Å². The summed E-state index contributed by atoms with van der Waals surface area (Å²) < 4.78 is 6.01. The van der Waals surface area contributed by atoms with Crippen molar-refractivity contribution in [3.63, 3.8) is 0 Å². The molecule has 2 heterocycles. The molecule has 2 nitrogen and oxygen atoms in total. The van der Waals surface area contributed by atoms with Crippen molar-refractivity contribution in [1.82, 2.24) is 0 Å². The number of ether oxygens (including phenoxy) is 1. The van der Waals surface area contributed by atoms with Gasteiger partial charge in [-0.1, -0.05) is 25.7 Å². The second-order valence-electron chi connectivity index (χ2n) is 6.68. The van der Waals surface area contributed by atoms with E-state index < -0.39 is 0 Å². The number of Topliss-reactive ketones (excluding diaryl/α,β-unsaturated/α-hetero) is 1. The number of rotatable bonds is 4. The average molecular weight is 282 g/mol. The van der Waals surface area contributed by atoms with Crippen LogP contribution in [-0.4, -0.2) is 29.5 Å². The fourth-order valence-electron chi connectivity index (χ4n) is 4.02. The zero-order chi connectivity index (χ0) is 13.1. The van der Waals surface area contributed by atoms with E-state index in [1.165, 1.54) is 31.4 Å². The first-order valence-electron chi connectivity index (χ1n) is 8.02. The fourth-order valence-corrected chi connectivity index (χ4v) is 5.39. The Kier molecular flexibility index (Phi) is 4.53. The van der Waals surface area contributed by atoms with Gasteiger partial charge in [-0.2, -0.15) is 11.8 Å². The Morgan fingerprint density at radius 1 is 1.26 bits per heavy atom. The molecule has 0 radical (unpaired) electrons. The molecule has 0 aromatic rings. The van der Waals surface area contributed by atoms with Crippen molar-refractivity contribution in [3.8, 4) is 0 Å². The predicted octanol–water partition coefficient (Wildman–Crippen LogP) is 3.83. The monoisotopic (exact) mass is 282 g/mol. The molecule has 19 heavy (non-hydrogen) atoms. The van der Waals surface area contributed by atoms with Gasteiger partial charge >= 0.3 is 0 Å². The summed E-state index contributed by atoms with van der Waals surface area (Å²) in [7, 11) is 0. The van der Waals surface area contributed by atoms with Crippen molar-refractivity contribution >= 4 is 17.5 Å². The van der Waals surface area contributed by atoms with Crippen molar-refractivity contribution in [1.29, 1.82) is 0 Å². The Morgan fingerprint density at radius 3 is 2.84 bits per heavy atom. The Bertz CT molecular complexity index is 317. The number of carbonyl (C=O) groups excluding carboxylic acids is 1. The molecule has 2 unspecified atom stereocenters. The third kappa shape index (κ3) is 3.36. The van der Waals surface area contributed by atoms with Gasteiger partial charge in [-0.15, -0.1) is 0 Å². The van der Waals surface area contributed by atoms with E-state index in [-0.39, 0.29) is 5.60 Å². The minimum atomic E-state index is 0.0661. The van der Waals surface area contributed by atoms with Crippen LogP contribution in [0.25, 0.3) is 0 Å². The SMILES string of the molecule is O=C(CCC1CCCC1)C1CCOC2(CCSC2)C1. The minimum absolute atomic E-state index is 0.0661. The van der Waals surface area contributed by atoms with Crippen molar-refractivity contribution in [3.05, 3.63) is 0 Å². The molecule has 2 saturated heterocycles. The van der Waals surface area contributed by atoms with Crippen LogP contribution in [0.15, 0.2) is 0 Å². The average Bonchev–Trinajstić information content (AvgIpc) is 3.08. The zero-order valence-electron chi connectivity index (χ0n) is 11.9. The van der Waals surface area contributed by atoms with Crippen LogP contribution in [0.3, 0.4) is 0 Å². The molecule has 0 aromatic carbocycles. The zero-order valence-corrected chi connectivity index (χ0v) is 12.7. The van der Waals surface area contributed by atoms with Crippen LogP contribution in [0.2, 0.25) is 0 Å². The Labute approximate surface area is 121 Å². The van der Waals surface area contributed by atoms with Gasteiger partial charge < -0.3 is 4.74 Å². The summed E-state index contributed by atoms with van der Waals surface area (Å²) in [5.41, 5.74) is 0.0661. The first-order chi connectivity index (χ1) is 9.27. The highest BCUT2D eigenvalue weighted by atomic mass is 32.2. The van der Waals surface area contributed by atoms with Gasteiger partial charge in [0.25, 0.3) is 0 Å². The lowest BCUT2D eigenvalue weighted by Gasteiger charge is -2.37. The van der Waals surface area contributed by atoms with E-state index in [1.54, 1.807) is 0 Å². The molecule has 108 valence electrons. The lowest BCUT2D eigenvalue weighted by molar-refractivity contribution is -0.134. The smallest absolute Gasteiger partial charge is 0.136 e. The maximum absolute atomic E-state index is 12.4. The Morgan fingerprint density at radius 2 is 2.11 bits per heavy atom. The first-order valence-corrected chi connectivity index (χ1v) is 9.17. The molecule has 0 bridgehead atoms. The summed E-state index contributed by atoms with van der Waals surface area (Å²) in [4.78, 5) is 12.4. The van der Waals surface area contributed by atoms with Crippen molar-refractivity contribution in [2.45, 2.75) is 63.4 Å². The second kappa shape index (κ2) is 6.17. The normalized spacial score (nSPS) is 36.1. The molecule has 3 fully saturated rings. The van der Waals surface area contributed by atoms with Crippen molar-refractivity contribution in [2.24, 2.45) is 11.8 Å². The lowest BCUT2D eigenvalue weighted by atomic mass is 9.81. The number of thioether (sulfide) groups is 1. The van der Waals surface area contributed by atoms with Crippen LogP contribution in [0.5, 0.6) is 0 Å². The van der Waals surface area contributed by atoms with Gasteiger partial charge in [0.2, 0.25) is 0 Å². The molecule has 1 saturated carbocycles. The number of ketones is 1. The number of hydrogen-bond acceptors (Lipinski definition) is 3. The van der Waals surface area contributed by atoms with Gasteiger partial charge in [0.15, 0.2) is 0 Å². The summed E-state index contributed by atoms with van der Waals surface area (Å²) in [5, 5.41) is 0. The molecular weight excluding hydrogens is 256 g/mol. The van der Waals surface area contributed by atoms with E-state index >= 15 is 0 Å². The number of hydrogen-bond donors (Lipinski definition) is 0. The highest BCUT2D eigenvalue weighted by molar-refractivity contribution is 7.99. The fraction of sp³-hybridized carbons (Fsp3) is 0.938. The molecule has 1 aliphatic carbocycles. The summed E-state index contributed by atoms with van der Waals surface area (Å²) in [6.45, 7) is 0.806. The van der Waals surface area contributed by atoms with E-state index in [2.05, 4.69) is 0 Å². The maximum Gasteiger partial charge on any atom is 0.136 e. The van der Waals surface area contributed by atoms with Crippen molar-refractivity contribution < 1.29 is 9.53 Å². The van der Waals surface area contributed by atoms with Gasteiger partial charge in [-0.3, -0.25) is 4.79 Å². The van der Waals surface area contributed by atoms with Crippen LogP contribution in [0, 0.1) is 11.8 Å². The minimum Gasteiger partial charge on any atom is -0.374 e. The molecule has 3 aliphatic rings. The highest BCUT2D eigenvalue weighted by Gasteiger charge is 2.42. The third-order valence-electron chi connectivity index (χ3n) is 5.29. The molecule has 2 atom stereocenters. The largest absolute Gasteiger partial charge is 0.374 e. The van der Waals surface area contributed by atoms with Gasteiger partial charge in [-0.05, 0) is 37.4 Å². The topological polar surface area (TPSA) is 26.3 Å². The van der Waals surface area contributed by atoms with Crippen LogP contribution < -0.4 is 0 Å². The molecule has 2 aliphatic heterocycles. The van der Waals surface area contributed by atoms with Crippen LogP contribution >= 0.6 is 11.8 Å². The van der Waals surface area contributed by atoms with E-state index in [9.17, 15) is 4.79 Å². The van der Waals surface area contributed by atoms with E-state index in [1.807, 2.05) is 11.8 Å². The Balaban J connectivity index is 1.48. The van der Waals surface area contributed by atoms with E-state index in [4.69, 9.17) is 4.74 Å². The third-order valence-corrected chi connectivity index (χ3v) is 6.51. The lowest BCUT2D eigenvalue weighted by Crippen LogP contribution is -2.42. The molecular formula is C16H26O2S. The summed E-state index contributed by atoms with van der Waals surface area (Å²) in [6.07, 6.45) is 10.6. The van der Waals surface area contributed by atoms with Gasteiger partial charge in [0.05, 0.1) is 5.60 Å². The predicted molar refractivity (Wildman–Crippen MR) is 79.5 cm³/mol. The Hall–Kier alpha value is -0.0200. The maximum atomic E-state index is 12.4. The molecule has 1 spiro atoms. The molecule has 0 aromatic heterocycles. The van der Waals surface area contributed by atoms with Crippen molar-refractivity contribution in [2.75, 3.05) is 18.1 Å². The standard InChI is InChI=1S/C16H26O2S/c17-15(6-5-13-3-1-2-4-13)14-7-9-18-16(11-14)8-10-19-12-16/h13-14H,1-12H2. The van der Waals surface area contributed by atoms with Gasteiger partial charge in [-0.25, -0.2) is 0 Å². The number of carbonyl (C=O) groups is 1. The molecule has 0 amide bonds. The van der Waals surface area contributed by atoms with Gasteiger partial charge in [0.1, 0.15) is 5.78 Å². The molecule has 3 heteroatoms. The van der Waals surface area contributed by atoms with Crippen LogP contribution in [0.4, 0.5) is 0 Å². The van der Waals surface area contributed by atoms with E-state index in [0.29, 0.717) is 11.7 Å². The quantitative estimate of drug-likeness (QED) is 0.784. The second-order valence-corrected chi connectivity index (χ2v) is 7.78. The summed E-state index contributed by atoms with van der Waals surface area (Å²) in [5.74, 6) is 4.00. The van der Waals surface area contributed by atoms with Crippen LogP contribution in [0.1, 0.15) is 57.8 Å². The van der Waals surface area contributed by atoms with Crippen LogP contribution in [-0.2, 0) is 9.53 Å².